The minimum absolute atomic E-state index is 0.284. The van der Waals surface area contributed by atoms with Crippen molar-refractivity contribution in [1.82, 2.24) is 0 Å². The Kier molecular flexibility index (Phi) is 4.35. The molecule has 0 saturated carbocycles. The summed E-state index contributed by atoms with van der Waals surface area (Å²) in [5, 5.41) is 3.15. The van der Waals surface area contributed by atoms with E-state index in [4.69, 9.17) is 0 Å². The van der Waals surface area contributed by atoms with E-state index in [2.05, 4.69) is 37.2 Å². The van der Waals surface area contributed by atoms with E-state index >= 15 is 0 Å². The van der Waals surface area contributed by atoms with Gasteiger partial charge < -0.3 is 5.32 Å². The standard InChI is InChI=1S/C13H9Br2F2N/c14-11-5-9(16)2-1-8(11)7-18-13-4-3-10(17)6-12(13)15/h1-6,18H,7H2. The monoisotopic (exact) mass is 375 g/mol. The third-order valence-corrected chi connectivity index (χ3v) is 3.81. The van der Waals surface area contributed by atoms with Crippen LogP contribution in [0.3, 0.4) is 0 Å². The normalized spacial score (nSPS) is 10.4. The van der Waals surface area contributed by atoms with Crippen molar-refractivity contribution in [2.24, 2.45) is 0 Å². The predicted octanol–water partition coefficient (Wildman–Crippen LogP) is 5.10. The predicted molar refractivity (Wildman–Crippen MR) is 75.5 cm³/mol. The third-order valence-electron chi connectivity index (χ3n) is 2.42. The van der Waals surface area contributed by atoms with Crippen LogP contribution in [0.4, 0.5) is 14.5 Å². The number of anilines is 1. The summed E-state index contributed by atoms with van der Waals surface area (Å²) in [5.41, 5.74) is 1.71. The first kappa shape index (κ1) is 13.5. The topological polar surface area (TPSA) is 12.0 Å². The number of benzene rings is 2. The maximum absolute atomic E-state index is 12.9. The fourth-order valence-electron chi connectivity index (χ4n) is 1.49. The molecule has 0 fully saturated rings. The molecule has 0 amide bonds. The fraction of sp³-hybridized carbons (Fsp3) is 0.0769. The molecule has 0 aliphatic carbocycles. The highest BCUT2D eigenvalue weighted by Gasteiger charge is 2.04. The van der Waals surface area contributed by atoms with Gasteiger partial charge in [0.2, 0.25) is 0 Å². The molecule has 2 aromatic carbocycles. The number of hydrogen-bond donors (Lipinski definition) is 1. The SMILES string of the molecule is Fc1ccc(CNc2ccc(F)cc2Br)c(Br)c1. The molecule has 0 unspecified atom stereocenters. The minimum atomic E-state index is -0.296. The van der Waals surface area contributed by atoms with Gasteiger partial charge in [-0.05, 0) is 51.8 Å². The summed E-state index contributed by atoms with van der Waals surface area (Å²) in [6.07, 6.45) is 0. The van der Waals surface area contributed by atoms with Gasteiger partial charge in [0, 0.05) is 21.2 Å². The van der Waals surface area contributed by atoms with E-state index in [9.17, 15) is 8.78 Å². The lowest BCUT2D eigenvalue weighted by molar-refractivity contribution is 0.625. The Morgan fingerprint density at radius 1 is 0.889 bits per heavy atom. The van der Waals surface area contributed by atoms with Gasteiger partial charge in [-0.15, -0.1) is 0 Å². The van der Waals surface area contributed by atoms with Gasteiger partial charge in [-0.1, -0.05) is 22.0 Å². The van der Waals surface area contributed by atoms with Crippen molar-refractivity contribution in [2.45, 2.75) is 6.54 Å². The molecular formula is C13H9Br2F2N. The van der Waals surface area contributed by atoms with Crippen molar-refractivity contribution in [1.29, 1.82) is 0 Å². The zero-order valence-electron chi connectivity index (χ0n) is 9.18. The van der Waals surface area contributed by atoms with E-state index in [1.54, 1.807) is 12.1 Å². The summed E-state index contributed by atoms with van der Waals surface area (Å²) in [7, 11) is 0. The van der Waals surface area contributed by atoms with Crippen LogP contribution in [0.25, 0.3) is 0 Å². The van der Waals surface area contributed by atoms with Crippen LogP contribution in [0.5, 0.6) is 0 Å². The first-order valence-electron chi connectivity index (χ1n) is 5.19. The summed E-state index contributed by atoms with van der Waals surface area (Å²) in [4.78, 5) is 0. The molecule has 1 N–H and O–H groups in total. The maximum Gasteiger partial charge on any atom is 0.124 e. The van der Waals surface area contributed by atoms with Crippen LogP contribution in [0.15, 0.2) is 45.3 Å². The van der Waals surface area contributed by atoms with Gasteiger partial charge in [-0.2, -0.15) is 0 Å². The molecule has 0 aromatic heterocycles. The van der Waals surface area contributed by atoms with Crippen molar-refractivity contribution in [2.75, 3.05) is 5.32 Å². The molecule has 0 bridgehead atoms. The number of halogens is 4. The number of rotatable bonds is 3. The van der Waals surface area contributed by atoms with Gasteiger partial charge in [0.1, 0.15) is 11.6 Å². The van der Waals surface area contributed by atoms with Gasteiger partial charge in [0.15, 0.2) is 0 Å². The molecular weight excluding hydrogens is 368 g/mol. The highest BCUT2D eigenvalue weighted by atomic mass is 79.9. The fourth-order valence-corrected chi connectivity index (χ4v) is 2.47. The lowest BCUT2D eigenvalue weighted by Crippen LogP contribution is -2.01. The molecule has 18 heavy (non-hydrogen) atoms. The summed E-state index contributed by atoms with van der Waals surface area (Å²) in [6, 6.07) is 8.94. The molecule has 1 nitrogen and oxygen atoms in total. The molecule has 0 saturated heterocycles. The van der Waals surface area contributed by atoms with Crippen molar-refractivity contribution >= 4 is 37.5 Å². The summed E-state index contributed by atoms with van der Waals surface area (Å²) >= 11 is 6.58. The van der Waals surface area contributed by atoms with E-state index < -0.39 is 0 Å². The highest BCUT2D eigenvalue weighted by molar-refractivity contribution is 9.10. The second-order valence-electron chi connectivity index (χ2n) is 3.71. The molecule has 2 rings (SSSR count). The molecule has 94 valence electrons. The Bertz CT molecular complexity index is 521. The quantitative estimate of drug-likeness (QED) is 0.785. The van der Waals surface area contributed by atoms with Crippen LogP contribution in [0.1, 0.15) is 5.56 Å². The molecule has 0 spiro atoms. The minimum Gasteiger partial charge on any atom is -0.380 e. The van der Waals surface area contributed by atoms with Crippen molar-refractivity contribution in [3.05, 3.63) is 62.5 Å². The third kappa shape index (κ3) is 3.29. The van der Waals surface area contributed by atoms with Gasteiger partial charge in [0.25, 0.3) is 0 Å². The van der Waals surface area contributed by atoms with Crippen LogP contribution < -0.4 is 5.32 Å². The van der Waals surface area contributed by atoms with Gasteiger partial charge in [-0.3, -0.25) is 0 Å². The van der Waals surface area contributed by atoms with Crippen LogP contribution in [-0.2, 0) is 6.54 Å². The first-order chi connectivity index (χ1) is 8.56. The molecule has 2 aromatic rings. The Balaban J connectivity index is 2.11. The Morgan fingerprint density at radius 2 is 1.50 bits per heavy atom. The maximum atomic E-state index is 12.9. The Hall–Kier alpha value is -0.940. The van der Waals surface area contributed by atoms with E-state index in [1.165, 1.54) is 24.3 Å². The van der Waals surface area contributed by atoms with Crippen LogP contribution in [0.2, 0.25) is 0 Å². The smallest absolute Gasteiger partial charge is 0.124 e. The molecule has 5 heteroatoms. The zero-order chi connectivity index (χ0) is 13.1. The lowest BCUT2D eigenvalue weighted by Gasteiger charge is -2.10. The van der Waals surface area contributed by atoms with Crippen molar-refractivity contribution in [3.8, 4) is 0 Å². The van der Waals surface area contributed by atoms with E-state index in [1.807, 2.05) is 0 Å². The molecule has 0 aliphatic rings. The second-order valence-corrected chi connectivity index (χ2v) is 5.42. The molecule has 0 heterocycles. The van der Waals surface area contributed by atoms with Crippen molar-refractivity contribution < 1.29 is 8.78 Å². The largest absolute Gasteiger partial charge is 0.380 e. The summed E-state index contributed by atoms with van der Waals surface area (Å²) < 4.78 is 27.2. The summed E-state index contributed by atoms with van der Waals surface area (Å²) in [5.74, 6) is -0.580. The van der Waals surface area contributed by atoms with Gasteiger partial charge in [0.05, 0.1) is 0 Å². The number of hydrogen-bond acceptors (Lipinski definition) is 1. The second kappa shape index (κ2) is 5.80. The average molecular weight is 377 g/mol. The van der Waals surface area contributed by atoms with E-state index in [0.717, 1.165) is 11.3 Å². The molecule has 0 aliphatic heterocycles. The van der Waals surface area contributed by atoms with Crippen LogP contribution >= 0.6 is 31.9 Å². The molecule has 0 radical (unpaired) electrons. The lowest BCUT2D eigenvalue weighted by atomic mass is 10.2. The zero-order valence-corrected chi connectivity index (χ0v) is 12.4. The highest BCUT2D eigenvalue weighted by Crippen LogP contribution is 2.25. The van der Waals surface area contributed by atoms with Crippen molar-refractivity contribution in [3.63, 3.8) is 0 Å². The summed E-state index contributed by atoms with van der Waals surface area (Å²) in [6.45, 7) is 0.519. The van der Waals surface area contributed by atoms with E-state index in [0.29, 0.717) is 15.5 Å². The van der Waals surface area contributed by atoms with E-state index in [-0.39, 0.29) is 11.6 Å². The Labute approximate surface area is 120 Å². The Morgan fingerprint density at radius 3 is 2.11 bits per heavy atom. The van der Waals surface area contributed by atoms with Gasteiger partial charge in [-0.25, -0.2) is 8.78 Å². The molecule has 0 atom stereocenters. The first-order valence-corrected chi connectivity index (χ1v) is 6.78. The van der Waals surface area contributed by atoms with Gasteiger partial charge >= 0.3 is 0 Å². The van der Waals surface area contributed by atoms with Crippen LogP contribution in [-0.4, -0.2) is 0 Å². The average Bonchev–Trinajstić information content (AvgIpc) is 2.30. The number of nitrogens with one attached hydrogen (secondary N) is 1. The van der Waals surface area contributed by atoms with Crippen LogP contribution in [0, 0.1) is 11.6 Å².